The summed E-state index contributed by atoms with van der Waals surface area (Å²) in [6.07, 6.45) is -0.360. The zero-order valence-corrected chi connectivity index (χ0v) is 21.3. The highest BCUT2D eigenvalue weighted by molar-refractivity contribution is 6.32. The van der Waals surface area contributed by atoms with Crippen LogP contribution in [0.15, 0.2) is 18.2 Å². The molecule has 0 saturated carbocycles. The number of carbonyl (C=O) groups excluding carboxylic acids is 2. The van der Waals surface area contributed by atoms with E-state index in [1.165, 1.54) is 7.11 Å². The van der Waals surface area contributed by atoms with Gasteiger partial charge in [-0.15, -0.1) is 0 Å². The van der Waals surface area contributed by atoms with E-state index in [9.17, 15) is 14.7 Å². The van der Waals surface area contributed by atoms with Crippen LogP contribution in [0.5, 0.6) is 23.0 Å². The van der Waals surface area contributed by atoms with Crippen LogP contribution in [-0.2, 0) is 16.1 Å². The van der Waals surface area contributed by atoms with Gasteiger partial charge >= 0.3 is 11.9 Å². The van der Waals surface area contributed by atoms with Crippen molar-refractivity contribution < 1.29 is 33.6 Å². The predicted octanol–water partition coefficient (Wildman–Crippen LogP) is 6.15. The summed E-state index contributed by atoms with van der Waals surface area (Å²) in [7, 11) is 1.41. The number of hydrogen-bond acceptors (Lipinski definition) is 7. The molecule has 8 heteroatoms. The fourth-order valence-electron chi connectivity index (χ4n) is 3.62. The molecule has 2 aromatic carbocycles. The molecule has 0 aromatic heterocycles. The second-order valence-corrected chi connectivity index (χ2v) is 10.2. The van der Waals surface area contributed by atoms with Crippen LogP contribution in [0, 0.1) is 18.3 Å². The number of cyclic esters (lactones) is 1. The molecule has 0 saturated heterocycles. The minimum Gasteiger partial charge on any atom is -0.495 e. The molecule has 1 aliphatic heterocycles. The van der Waals surface area contributed by atoms with Gasteiger partial charge in [-0.05, 0) is 63.8 Å². The molecule has 0 aliphatic carbocycles. The molecule has 2 aromatic rings. The summed E-state index contributed by atoms with van der Waals surface area (Å²) in [4.78, 5) is 25.7. The summed E-state index contributed by atoms with van der Waals surface area (Å²) < 4.78 is 22.9. The van der Waals surface area contributed by atoms with Crippen LogP contribution in [-0.4, -0.2) is 24.2 Å². The lowest BCUT2D eigenvalue weighted by Crippen LogP contribution is -2.26. The SMILES string of the molecule is COc1c([C@@H](O)CC(C)C)ccc2c1C(=O)OCc1c(Cl)c(C)cc(OC(=O)C(C)(C)C)c1O2. The number of halogens is 1. The summed E-state index contributed by atoms with van der Waals surface area (Å²) in [5.74, 6) is -0.252. The van der Waals surface area contributed by atoms with Crippen LogP contribution in [0.1, 0.15) is 74.2 Å². The van der Waals surface area contributed by atoms with E-state index in [0.717, 1.165) is 0 Å². The van der Waals surface area contributed by atoms with Crippen LogP contribution in [0.3, 0.4) is 0 Å². The number of fused-ring (bicyclic) bond motifs is 2. The number of ether oxygens (including phenoxy) is 4. The lowest BCUT2D eigenvalue weighted by atomic mass is 9.96. The molecule has 0 amide bonds. The highest BCUT2D eigenvalue weighted by Crippen LogP contribution is 2.47. The number of carbonyl (C=O) groups is 2. The van der Waals surface area contributed by atoms with Crippen molar-refractivity contribution >= 4 is 23.5 Å². The van der Waals surface area contributed by atoms with E-state index in [0.29, 0.717) is 28.1 Å². The minimum absolute atomic E-state index is 0.0400. The number of hydrogen-bond donors (Lipinski definition) is 1. The van der Waals surface area contributed by atoms with Gasteiger partial charge in [-0.1, -0.05) is 25.4 Å². The summed E-state index contributed by atoms with van der Waals surface area (Å²) >= 11 is 6.51. The van der Waals surface area contributed by atoms with Gasteiger partial charge in [0.15, 0.2) is 11.5 Å². The van der Waals surface area contributed by atoms with E-state index in [2.05, 4.69) is 0 Å². The standard InChI is InChI=1S/C26H31ClO7/c1-13(2)10-17(28)15-8-9-18-20(23(15)31-7)24(29)32-12-16-21(27)14(3)11-19(22(16)33-18)34-25(30)26(4,5)6/h8-9,11,13,17,28H,10,12H2,1-7H3/t17-/m0/s1. The molecule has 0 bridgehead atoms. The molecular weight excluding hydrogens is 460 g/mol. The number of aliphatic hydroxyl groups excluding tert-OH is 1. The topological polar surface area (TPSA) is 91.3 Å². The molecule has 1 atom stereocenters. The van der Waals surface area contributed by atoms with E-state index < -0.39 is 23.5 Å². The quantitative estimate of drug-likeness (QED) is 0.397. The van der Waals surface area contributed by atoms with Gasteiger partial charge in [0, 0.05) is 5.56 Å². The second-order valence-electron chi connectivity index (χ2n) is 9.84. The molecule has 0 spiro atoms. The molecule has 0 radical (unpaired) electrons. The van der Waals surface area contributed by atoms with Crippen LogP contribution < -0.4 is 14.2 Å². The first-order valence-corrected chi connectivity index (χ1v) is 11.5. The van der Waals surface area contributed by atoms with Gasteiger partial charge in [-0.2, -0.15) is 0 Å². The summed E-state index contributed by atoms with van der Waals surface area (Å²) in [6.45, 7) is 10.8. The molecule has 34 heavy (non-hydrogen) atoms. The van der Waals surface area contributed by atoms with Gasteiger partial charge in [0.05, 0.1) is 29.2 Å². The van der Waals surface area contributed by atoms with Crippen molar-refractivity contribution in [1.82, 2.24) is 0 Å². The lowest BCUT2D eigenvalue weighted by Gasteiger charge is -2.25. The zero-order chi connectivity index (χ0) is 25.4. The normalized spacial score (nSPS) is 14.2. The molecule has 1 aliphatic rings. The van der Waals surface area contributed by atoms with Crippen molar-refractivity contribution in [3.63, 3.8) is 0 Å². The second kappa shape index (κ2) is 9.84. The van der Waals surface area contributed by atoms with Crippen molar-refractivity contribution in [3.05, 3.63) is 45.5 Å². The fourth-order valence-corrected chi connectivity index (χ4v) is 3.81. The molecule has 0 fully saturated rings. The first-order chi connectivity index (χ1) is 15.8. The maximum atomic E-state index is 13.0. The van der Waals surface area contributed by atoms with Crippen LogP contribution >= 0.6 is 11.6 Å². The Morgan fingerprint density at radius 3 is 2.53 bits per heavy atom. The number of aryl methyl sites for hydroxylation is 1. The van der Waals surface area contributed by atoms with Crippen molar-refractivity contribution in [2.45, 2.75) is 60.7 Å². The fraction of sp³-hybridized carbons (Fsp3) is 0.462. The Balaban J connectivity index is 2.18. The van der Waals surface area contributed by atoms with Gasteiger partial charge in [-0.3, -0.25) is 4.79 Å². The van der Waals surface area contributed by atoms with E-state index >= 15 is 0 Å². The Morgan fingerprint density at radius 2 is 1.94 bits per heavy atom. The minimum atomic E-state index is -0.842. The van der Waals surface area contributed by atoms with E-state index in [1.54, 1.807) is 45.9 Å². The third kappa shape index (κ3) is 5.15. The molecule has 0 unspecified atom stereocenters. The smallest absolute Gasteiger partial charge is 0.346 e. The third-order valence-electron chi connectivity index (χ3n) is 5.44. The van der Waals surface area contributed by atoms with E-state index in [1.807, 2.05) is 13.8 Å². The Labute approximate surface area is 204 Å². The first-order valence-electron chi connectivity index (χ1n) is 11.1. The van der Waals surface area contributed by atoms with Gasteiger partial charge in [0.2, 0.25) is 0 Å². The molecule has 1 heterocycles. The third-order valence-corrected chi connectivity index (χ3v) is 5.97. The van der Waals surface area contributed by atoms with Crippen molar-refractivity contribution in [2.24, 2.45) is 11.3 Å². The highest BCUT2D eigenvalue weighted by Gasteiger charge is 2.33. The number of benzene rings is 2. The van der Waals surface area contributed by atoms with Crippen LogP contribution in [0.2, 0.25) is 5.02 Å². The van der Waals surface area contributed by atoms with Crippen molar-refractivity contribution in [1.29, 1.82) is 0 Å². The first kappa shape index (κ1) is 25.8. The Morgan fingerprint density at radius 1 is 1.26 bits per heavy atom. The Kier molecular flexibility index (Phi) is 7.48. The van der Waals surface area contributed by atoms with Crippen LogP contribution in [0.25, 0.3) is 0 Å². The molecule has 1 N–H and O–H groups in total. The molecule has 3 rings (SSSR count). The summed E-state index contributed by atoms with van der Waals surface area (Å²) in [5.41, 5.74) is 0.773. The van der Waals surface area contributed by atoms with Gasteiger partial charge in [0.1, 0.15) is 23.7 Å². The average molecular weight is 491 g/mol. The highest BCUT2D eigenvalue weighted by atomic mass is 35.5. The Bertz CT molecular complexity index is 1120. The number of esters is 2. The molecular formula is C26H31ClO7. The predicted molar refractivity (Wildman–Crippen MR) is 128 cm³/mol. The van der Waals surface area contributed by atoms with E-state index in [4.69, 9.17) is 30.5 Å². The summed E-state index contributed by atoms with van der Waals surface area (Å²) in [6, 6.07) is 4.83. The maximum absolute atomic E-state index is 13.0. The monoisotopic (exact) mass is 490 g/mol. The summed E-state index contributed by atoms with van der Waals surface area (Å²) in [5, 5.41) is 11.1. The van der Waals surface area contributed by atoms with Gasteiger partial charge in [-0.25, -0.2) is 4.79 Å². The maximum Gasteiger partial charge on any atom is 0.346 e. The van der Waals surface area contributed by atoms with Gasteiger partial charge < -0.3 is 24.1 Å². The zero-order valence-electron chi connectivity index (χ0n) is 20.6. The number of aliphatic hydroxyl groups is 1. The van der Waals surface area contributed by atoms with E-state index in [-0.39, 0.29) is 41.1 Å². The van der Waals surface area contributed by atoms with Crippen LogP contribution in [0.4, 0.5) is 0 Å². The molecule has 184 valence electrons. The lowest BCUT2D eigenvalue weighted by molar-refractivity contribution is -0.143. The number of rotatable bonds is 5. The van der Waals surface area contributed by atoms with Crippen molar-refractivity contribution in [3.8, 4) is 23.0 Å². The average Bonchev–Trinajstić information content (AvgIpc) is 2.73. The number of methoxy groups -OCH3 is 1. The largest absolute Gasteiger partial charge is 0.495 e. The molecule has 7 nitrogen and oxygen atoms in total. The van der Waals surface area contributed by atoms with Gasteiger partial charge in [0.25, 0.3) is 0 Å². The van der Waals surface area contributed by atoms with Crippen molar-refractivity contribution in [2.75, 3.05) is 7.11 Å². The Hall–Kier alpha value is -2.77.